The van der Waals surface area contributed by atoms with Crippen LogP contribution in [-0.4, -0.2) is 39.1 Å². The van der Waals surface area contributed by atoms with Crippen LogP contribution in [0, 0.1) is 0 Å². The molecule has 0 fully saturated rings. The zero-order chi connectivity index (χ0) is 15.9. The molecule has 0 bridgehead atoms. The smallest absolute Gasteiger partial charge is 0.405 e. The lowest BCUT2D eigenvalue weighted by Crippen LogP contribution is -2.32. The molecule has 0 atom stereocenters. The molecule has 21 heavy (non-hydrogen) atoms. The third-order valence-corrected chi connectivity index (χ3v) is 2.86. The summed E-state index contributed by atoms with van der Waals surface area (Å²) in [6.45, 7) is 0.787. The van der Waals surface area contributed by atoms with Gasteiger partial charge in [0.15, 0.2) is 0 Å². The summed E-state index contributed by atoms with van der Waals surface area (Å²) in [4.78, 5) is 11.4. The molecule has 0 aliphatic carbocycles. The van der Waals surface area contributed by atoms with Crippen LogP contribution in [0.5, 0.6) is 5.75 Å². The quantitative estimate of drug-likeness (QED) is 0.724. The largest absolute Gasteiger partial charge is 0.573 e. The Labute approximate surface area is 127 Å². The van der Waals surface area contributed by atoms with Crippen molar-refractivity contribution in [3.63, 3.8) is 0 Å². The van der Waals surface area contributed by atoms with Crippen molar-refractivity contribution in [3.05, 3.63) is 22.7 Å². The van der Waals surface area contributed by atoms with Crippen molar-refractivity contribution < 1.29 is 27.4 Å². The molecule has 0 heterocycles. The summed E-state index contributed by atoms with van der Waals surface area (Å²) in [6, 6.07) is 3.93. The van der Waals surface area contributed by atoms with E-state index in [9.17, 15) is 18.0 Å². The van der Waals surface area contributed by atoms with Crippen LogP contribution >= 0.6 is 15.9 Å². The van der Waals surface area contributed by atoms with E-state index in [4.69, 9.17) is 4.74 Å². The summed E-state index contributed by atoms with van der Waals surface area (Å²) in [7, 11) is 1.52. The molecule has 0 radical (unpaired) electrons. The molecule has 0 aliphatic heterocycles. The van der Waals surface area contributed by atoms with Crippen molar-refractivity contribution in [2.75, 3.05) is 32.1 Å². The molecule has 0 unspecified atom stereocenters. The molecule has 0 spiro atoms. The predicted molar refractivity (Wildman–Crippen MR) is 74.2 cm³/mol. The molecule has 0 aliphatic rings. The van der Waals surface area contributed by atoms with Crippen molar-refractivity contribution in [2.45, 2.75) is 6.36 Å². The number of rotatable bonds is 7. The molecule has 2 N–H and O–H groups in total. The first-order chi connectivity index (χ1) is 9.81. The van der Waals surface area contributed by atoms with Crippen LogP contribution < -0.4 is 15.4 Å². The van der Waals surface area contributed by atoms with Crippen LogP contribution in [0.15, 0.2) is 22.7 Å². The van der Waals surface area contributed by atoms with Crippen LogP contribution in [0.25, 0.3) is 0 Å². The second kappa shape index (κ2) is 8.08. The summed E-state index contributed by atoms with van der Waals surface area (Å²) in [5, 5.41) is 5.38. The van der Waals surface area contributed by atoms with Gasteiger partial charge in [-0.15, -0.1) is 13.2 Å². The fraction of sp³-hybridized carbons (Fsp3) is 0.417. The maximum Gasteiger partial charge on any atom is 0.573 e. The zero-order valence-corrected chi connectivity index (χ0v) is 12.7. The fourth-order valence-corrected chi connectivity index (χ4v) is 1.82. The van der Waals surface area contributed by atoms with Gasteiger partial charge < -0.3 is 20.1 Å². The minimum absolute atomic E-state index is 0.00434. The van der Waals surface area contributed by atoms with E-state index < -0.39 is 6.36 Å². The van der Waals surface area contributed by atoms with Gasteiger partial charge >= 0.3 is 6.36 Å². The number of carbonyl (C=O) groups excluding carboxylic acids is 1. The van der Waals surface area contributed by atoms with Crippen LogP contribution in [0.1, 0.15) is 0 Å². The molecule has 0 saturated carbocycles. The number of amides is 1. The Morgan fingerprint density at radius 1 is 1.38 bits per heavy atom. The molecule has 1 amide bonds. The Morgan fingerprint density at radius 3 is 2.67 bits per heavy atom. The van der Waals surface area contributed by atoms with Crippen LogP contribution in [0.2, 0.25) is 0 Å². The van der Waals surface area contributed by atoms with Crippen molar-refractivity contribution >= 4 is 27.5 Å². The second-order valence-electron chi connectivity index (χ2n) is 3.89. The van der Waals surface area contributed by atoms with Gasteiger partial charge in [0.1, 0.15) is 5.75 Å². The van der Waals surface area contributed by atoms with Gasteiger partial charge in [0.25, 0.3) is 0 Å². The highest BCUT2D eigenvalue weighted by molar-refractivity contribution is 9.10. The predicted octanol–water partition coefficient (Wildman–Crippen LogP) is 2.52. The van der Waals surface area contributed by atoms with Crippen LogP contribution in [0.4, 0.5) is 18.9 Å². The first kappa shape index (κ1) is 17.6. The van der Waals surface area contributed by atoms with E-state index in [-0.39, 0.29) is 22.7 Å². The van der Waals surface area contributed by atoms with Gasteiger partial charge in [-0.3, -0.25) is 4.79 Å². The van der Waals surface area contributed by atoms with Crippen molar-refractivity contribution in [3.8, 4) is 5.75 Å². The van der Waals surface area contributed by atoms with Gasteiger partial charge in [-0.05, 0) is 34.1 Å². The van der Waals surface area contributed by atoms with E-state index in [0.29, 0.717) is 18.8 Å². The van der Waals surface area contributed by atoms with E-state index >= 15 is 0 Å². The Balaban J connectivity index is 2.50. The van der Waals surface area contributed by atoms with Gasteiger partial charge in [0.2, 0.25) is 5.91 Å². The number of anilines is 1. The topological polar surface area (TPSA) is 59.6 Å². The SMILES string of the molecule is COCCNC(=O)CNc1ccc(OC(F)(F)F)c(Br)c1. The minimum Gasteiger partial charge on any atom is -0.405 e. The van der Waals surface area contributed by atoms with Gasteiger partial charge in [-0.2, -0.15) is 0 Å². The molecule has 0 saturated heterocycles. The molecule has 0 aromatic heterocycles. The maximum atomic E-state index is 12.1. The zero-order valence-electron chi connectivity index (χ0n) is 11.1. The van der Waals surface area contributed by atoms with Crippen molar-refractivity contribution in [2.24, 2.45) is 0 Å². The lowest BCUT2D eigenvalue weighted by atomic mass is 10.3. The number of hydrogen-bond acceptors (Lipinski definition) is 4. The number of alkyl halides is 3. The normalized spacial score (nSPS) is 11.1. The van der Waals surface area contributed by atoms with E-state index in [1.165, 1.54) is 19.2 Å². The Bertz CT molecular complexity index is 483. The molecule has 1 aromatic rings. The second-order valence-corrected chi connectivity index (χ2v) is 4.74. The summed E-state index contributed by atoms with van der Waals surface area (Å²) < 4.78 is 45.0. The number of halogens is 4. The highest BCUT2D eigenvalue weighted by atomic mass is 79.9. The number of ether oxygens (including phenoxy) is 2. The summed E-state index contributed by atoms with van der Waals surface area (Å²) in [5.41, 5.74) is 0.485. The van der Waals surface area contributed by atoms with Gasteiger partial charge in [0, 0.05) is 19.3 Å². The Morgan fingerprint density at radius 2 is 2.10 bits per heavy atom. The minimum atomic E-state index is -4.75. The van der Waals surface area contributed by atoms with Crippen molar-refractivity contribution in [1.29, 1.82) is 0 Å². The van der Waals surface area contributed by atoms with Crippen LogP contribution in [-0.2, 0) is 9.53 Å². The Kier molecular flexibility index (Phi) is 6.76. The van der Waals surface area contributed by atoms with Crippen molar-refractivity contribution in [1.82, 2.24) is 5.32 Å². The third kappa shape index (κ3) is 7.19. The maximum absolute atomic E-state index is 12.1. The molecule has 9 heteroatoms. The number of benzene rings is 1. The molecule has 5 nitrogen and oxygen atoms in total. The number of hydrogen-bond donors (Lipinski definition) is 2. The monoisotopic (exact) mass is 370 g/mol. The van der Waals surface area contributed by atoms with Crippen LogP contribution in [0.3, 0.4) is 0 Å². The number of methoxy groups -OCH3 is 1. The summed E-state index contributed by atoms with van der Waals surface area (Å²) >= 11 is 2.98. The third-order valence-electron chi connectivity index (χ3n) is 2.24. The average Bonchev–Trinajstić information content (AvgIpc) is 2.38. The van der Waals surface area contributed by atoms with Gasteiger partial charge in [0.05, 0.1) is 17.6 Å². The fourth-order valence-electron chi connectivity index (χ4n) is 1.36. The molecular weight excluding hydrogens is 357 g/mol. The first-order valence-electron chi connectivity index (χ1n) is 5.86. The average molecular weight is 371 g/mol. The highest BCUT2D eigenvalue weighted by Crippen LogP contribution is 2.32. The van der Waals surface area contributed by atoms with E-state index in [0.717, 1.165) is 6.07 Å². The summed E-state index contributed by atoms with van der Waals surface area (Å²) in [5.74, 6) is -0.601. The standard InChI is InChI=1S/C12H14BrF3N2O3/c1-20-5-4-17-11(19)7-18-8-2-3-10(9(13)6-8)21-12(14,15)16/h2-3,6,18H,4-5,7H2,1H3,(H,17,19). The lowest BCUT2D eigenvalue weighted by Gasteiger charge is -2.12. The molecule has 118 valence electrons. The molecule has 1 aromatic carbocycles. The van der Waals surface area contributed by atoms with Gasteiger partial charge in [-0.25, -0.2) is 0 Å². The summed E-state index contributed by atoms with van der Waals surface area (Å²) in [6.07, 6.45) is -4.75. The number of carbonyl (C=O) groups is 1. The highest BCUT2D eigenvalue weighted by Gasteiger charge is 2.31. The number of nitrogens with one attached hydrogen (secondary N) is 2. The first-order valence-corrected chi connectivity index (χ1v) is 6.66. The van der Waals surface area contributed by atoms with E-state index in [2.05, 4.69) is 31.3 Å². The Hall–Kier alpha value is -1.48. The van der Waals surface area contributed by atoms with E-state index in [1.54, 1.807) is 0 Å². The molecule has 1 rings (SSSR count). The lowest BCUT2D eigenvalue weighted by molar-refractivity contribution is -0.274. The van der Waals surface area contributed by atoms with Gasteiger partial charge in [-0.1, -0.05) is 0 Å². The van der Waals surface area contributed by atoms with E-state index in [1.807, 2.05) is 0 Å². The molecular formula is C12H14BrF3N2O3.